The van der Waals surface area contributed by atoms with Crippen molar-refractivity contribution in [1.82, 2.24) is 14.7 Å². The molecular weight excluding hydrogens is 518 g/mol. The van der Waals surface area contributed by atoms with Crippen LogP contribution in [0.1, 0.15) is 55.5 Å². The van der Waals surface area contributed by atoms with Crippen LogP contribution in [0, 0.1) is 0 Å². The lowest BCUT2D eigenvalue weighted by molar-refractivity contribution is -0.108. The molecule has 1 N–H and O–H groups in total. The fraction of sp³-hybridized carbons (Fsp3) is 0.303. The van der Waals surface area contributed by atoms with E-state index in [-0.39, 0.29) is 25.9 Å². The Hall–Kier alpha value is -4.43. The van der Waals surface area contributed by atoms with Crippen LogP contribution >= 0.6 is 0 Å². The van der Waals surface area contributed by atoms with Gasteiger partial charge in [0.25, 0.3) is 0 Å². The zero-order chi connectivity index (χ0) is 28.6. The number of benzene rings is 3. The van der Waals surface area contributed by atoms with E-state index >= 15 is 0 Å². The summed E-state index contributed by atoms with van der Waals surface area (Å²) in [6, 6.07) is 24.8. The Labute approximate surface area is 239 Å². The summed E-state index contributed by atoms with van der Waals surface area (Å²) in [4.78, 5) is 23.0. The molecule has 0 radical (unpaired) electrons. The van der Waals surface area contributed by atoms with Gasteiger partial charge in [-0.2, -0.15) is 5.10 Å². The third-order valence-electron chi connectivity index (χ3n) is 7.43. The molecule has 1 atom stereocenters. The second kappa shape index (κ2) is 13.3. The fourth-order valence-electron chi connectivity index (χ4n) is 5.38. The number of amides is 1. The maximum absolute atomic E-state index is 11.3. The standard InChI is InChI=1S/C33H35N3O5/c1-2-29(24-8-4-3-5-9-24)32(25-11-14-28(15-12-25)40-21-18-35(17-19-37)33(38)39)26-13-16-30-27(22-26)23-34-36(30)31-10-6-7-20-41-31/h3-5,8-9,11-16,19,22-23,31H,2,6-7,10,17-18,20-21H2,1H3,(H,38,39)/b32-29+. The lowest BCUT2D eigenvalue weighted by Crippen LogP contribution is -2.34. The largest absolute Gasteiger partial charge is 0.492 e. The van der Waals surface area contributed by atoms with Gasteiger partial charge in [0.15, 0.2) is 6.23 Å². The monoisotopic (exact) mass is 553 g/mol. The zero-order valence-electron chi connectivity index (χ0n) is 23.2. The molecule has 0 aliphatic carbocycles. The van der Waals surface area contributed by atoms with Crippen molar-refractivity contribution in [3.8, 4) is 5.75 Å². The molecule has 1 fully saturated rings. The summed E-state index contributed by atoms with van der Waals surface area (Å²) >= 11 is 0. The van der Waals surface area contributed by atoms with Gasteiger partial charge < -0.3 is 19.4 Å². The second-order valence-corrected chi connectivity index (χ2v) is 10.0. The lowest BCUT2D eigenvalue weighted by atomic mass is 9.88. The van der Waals surface area contributed by atoms with E-state index in [2.05, 4.69) is 54.5 Å². The van der Waals surface area contributed by atoms with Crippen molar-refractivity contribution in [1.29, 1.82) is 0 Å². The van der Waals surface area contributed by atoms with Gasteiger partial charge in [-0.3, -0.25) is 4.90 Å². The van der Waals surface area contributed by atoms with Crippen molar-refractivity contribution in [2.75, 3.05) is 26.3 Å². The van der Waals surface area contributed by atoms with Crippen molar-refractivity contribution in [2.24, 2.45) is 0 Å². The Morgan fingerprint density at radius 1 is 1.07 bits per heavy atom. The number of allylic oxidation sites excluding steroid dienone is 1. The van der Waals surface area contributed by atoms with E-state index in [1.165, 1.54) is 11.1 Å². The molecule has 0 spiro atoms. The first kappa shape index (κ1) is 28.1. The number of hydrogen-bond acceptors (Lipinski definition) is 5. The van der Waals surface area contributed by atoms with Crippen molar-refractivity contribution in [3.63, 3.8) is 0 Å². The van der Waals surface area contributed by atoms with Crippen LogP contribution in [0.2, 0.25) is 0 Å². The molecule has 1 aliphatic rings. The van der Waals surface area contributed by atoms with Gasteiger partial charge in [-0.1, -0.05) is 55.5 Å². The van der Waals surface area contributed by atoms with Crippen LogP contribution in [0.3, 0.4) is 0 Å². The molecule has 8 heteroatoms. The minimum Gasteiger partial charge on any atom is -0.492 e. The Bertz CT molecular complexity index is 1510. The van der Waals surface area contributed by atoms with Gasteiger partial charge in [-0.15, -0.1) is 0 Å². The van der Waals surface area contributed by atoms with E-state index in [0.29, 0.717) is 12.0 Å². The number of fused-ring (bicyclic) bond motifs is 1. The summed E-state index contributed by atoms with van der Waals surface area (Å²) in [6.07, 6.45) is 5.37. The third-order valence-corrected chi connectivity index (χ3v) is 7.43. The highest BCUT2D eigenvalue weighted by Gasteiger charge is 2.20. The Kier molecular flexibility index (Phi) is 9.11. The lowest BCUT2D eigenvalue weighted by Gasteiger charge is -2.23. The quantitative estimate of drug-likeness (QED) is 0.165. The summed E-state index contributed by atoms with van der Waals surface area (Å²) in [5.41, 5.74) is 6.74. The summed E-state index contributed by atoms with van der Waals surface area (Å²) in [6.45, 7) is 3.02. The first-order valence-electron chi connectivity index (χ1n) is 14.1. The molecule has 4 aromatic rings. The molecule has 2 heterocycles. The zero-order valence-corrected chi connectivity index (χ0v) is 23.2. The number of carbonyl (C=O) groups is 2. The summed E-state index contributed by atoms with van der Waals surface area (Å²) < 4.78 is 13.8. The van der Waals surface area contributed by atoms with E-state index in [9.17, 15) is 14.7 Å². The first-order chi connectivity index (χ1) is 20.1. The highest BCUT2D eigenvalue weighted by atomic mass is 16.5. The Balaban J connectivity index is 1.47. The predicted octanol–water partition coefficient (Wildman–Crippen LogP) is 6.66. The number of carboxylic acid groups (broad SMARTS) is 1. The van der Waals surface area contributed by atoms with E-state index < -0.39 is 6.09 Å². The number of hydrogen-bond donors (Lipinski definition) is 1. The molecule has 212 valence electrons. The molecule has 5 rings (SSSR count). The molecule has 8 nitrogen and oxygen atoms in total. The molecule has 1 aliphatic heterocycles. The smallest absolute Gasteiger partial charge is 0.407 e. The molecular formula is C33H35N3O5. The SMILES string of the molecule is CC/C(=C(/c1ccc(OCCN(CC=O)C(=O)O)cc1)c1ccc2c(cnn2C2CCCCO2)c1)c1ccccc1. The number of carbonyl (C=O) groups excluding carboxylic acids is 1. The van der Waals surface area contributed by atoms with Crippen LogP contribution in [0.25, 0.3) is 22.0 Å². The number of rotatable bonds is 11. The Morgan fingerprint density at radius 3 is 2.54 bits per heavy atom. The van der Waals surface area contributed by atoms with E-state index in [0.717, 1.165) is 64.8 Å². The maximum atomic E-state index is 11.3. The van der Waals surface area contributed by atoms with Crippen molar-refractivity contribution in [3.05, 3.63) is 95.7 Å². The maximum Gasteiger partial charge on any atom is 0.407 e. The normalized spacial score (nSPS) is 15.8. The summed E-state index contributed by atoms with van der Waals surface area (Å²) in [5.74, 6) is 0.631. The Morgan fingerprint density at radius 2 is 1.85 bits per heavy atom. The molecule has 1 unspecified atom stereocenters. The van der Waals surface area contributed by atoms with Gasteiger partial charge in [0.1, 0.15) is 18.6 Å². The highest BCUT2D eigenvalue weighted by molar-refractivity contribution is 6.00. The van der Waals surface area contributed by atoms with Crippen molar-refractivity contribution >= 4 is 34.4 Å². The second-order valence-electron chi connectivity index (χ2n) is 10.0. The molecule has 1 amide bonds. The summed E-state index contributed by atoms with van der Waals surface area (Å²) in [5, 5.41) is 15.0. The van der Waals surface area contributed by atoms with E-state index in [1.807, 2.05) is 41.2 Å². The van der Waals surface area contributed by atoms with Crippen molar-refractivity contribution in [2.45, 2.75) is 38.8 Å². The average molecular weight is 554 g/mol. The van der Waals surface area contributed by atoms with Crippen LogP contribution < -0.4 is 4.74 Å². The number of aldehydes is 1. The van der Waals surface area contributed by atoms with Crippen molar-refractivity contribution < 1.29 is 24.2 Å². The van der Waals surface area contributed by atoms with Crippen LogP contribution in [-0.4, -0.2) is 58.5 Å². The number of aromatic nitrogens is 2. The van der Waals surface area contributed by atoms with E-state index in [1.54, 1.807) is 0 Å². The molecule has 1 saturated heterocycles. The molecule has 1 aromatic heterocycles. The van der Waals surface area contributed by atoms with Crippen LogP contribution in [0.4, 0.5) is 4.79 Å². The molecule has 41 heavy (non-hydrogen) atoms. The van der Waals surface area contributed by atoms with Gasteiger partial charge in [0.2, 0.25) is 0 Å². The van der Waals surface area contributed by atoms with Gasteiger partial charge >= 0.3 is 6.09 Å². The molecule has 3 aromatic carbocycles. The van der Waals surface area contributed by atoms with Gasteiger partial charge in [0, 0.05) is 12.0 Å². The molecule has 0 bridgehead atoms. The topological polar surface area (TPSA) is 93.9 Å². The minimum absolute atomic E-state index is 0.0220. The third kappa shape index (κ3) is 6.49. The first-order valence-corrected chi connectivity index (χ1v) is 14.1. The van der Waals surface area contributed by atoms with Crippen LogP contribution in [0.5, 0.6) is 5.75 Å². The molecule has 0 saturated carbocycles. The van der Waals surface area contributed by atoms with Crippen LogP contribution in [-0.2, 0) is 9.53 Å². The predicted molar refractivity (Wildman–Crippen MR) is 159 cm³/mol. The fourth-order valence-corrected chi connectivity index (χ4v) is 5.38. The van der Waals surface area contributed by atoms with Gasteiger partial charge in [-0.25, -0.2) is 9.48 Å². The number of nitrogens with zero attached hydrogens (tertiary/aromatic N) is 3. The van der Waals surface area contributed by atoms with Crippen LogP contribution in [0.15, 0.2) is 79.0 Å². The van der Waals surface area contributed by atoms with E-state index in [4.69, 9.17) is 9.47 Å². The highest BCUT2D eigenvalue weighted by Crippen LogP contribution is 2.37. The minimum atomic E-state index is -1.15. The van der Waals surface area contributed by atoms with Gasteiger partial charge in [-0.05, 0) is 77.8 Å². The van der Waals surface area contributed by atoms with Gasteiger partial charge in [0.05, 0.1) is 24.8 Å². The number of ether oxygens (including phenoxy) is 2. The summed E-state index contributed by atoms with van der Waals surface area (Å²) in [7, 11) is 0. The average Bonchev–Trinajstić information content (AvgIpc) is 3.44.